The molecule has 4 heteroatoms. The van der Waals surface area contributed by atoms with Crippen molar-refractivity contribution in [1.29, 1.82) is 0 Å². The van der Waals surface area contributed by atoms with Crippen molar-refractivity contribution in [2.75, 3.05) is 19.7 Å². The van der Waals surface area contributed by atoms with Crippen LogP contribution in [0.3, 0.4) is 0 Å². The number of amides is 2. The van der Waals surface area contributed by atoms with Crippen LogP contribution in [-0.4, -0.2) is 41.8 Å². The Labute approximate surface area is 122 Å². The molecule has 0 aromatic rings. The topological polar surface area (TPSA) is 52.6 Å². The van der Waals surface area contributed by atoms with Crippen molar-refractivity contribution in [2.45, 2.75) is 58.4 Å². The summed E-state index contributed by atoms with van der Waals surface area (Å²) in [7, 11) is 0. The van der Waals surface area contributed by atoms with Gasteiger partial charge in [0.25, 0.3) is 0 Å². The maximum absolute atomic E-state index is 12.4. The van der Waals surface area contributed by atoms with Gasteiger partial charge in [0.1, 0.15) is 0 Å². The van der Waals surface area contributed by atoms with Crippen LogP contribution in [0.15, 0.2) is 0 Å². The van der Waals surface area contributed by atoms with E-state index in [0.717, 1.165) is 25.8 Å². The molecule has 1 aliphatic carbocycles. The molecule has 4 nitrogen and oxygen atoms in total. The van der Waals surface area contributed by atoms with E-state index in [0.29, 0.717) is 24.4 Å². The lowest BCUT2D eigenvalue weighted by atomic mass is 9.78. The van der Waals surface area contributed by atoms with Crippen LogP contribution in [0.2, 0.25) is 0 Å². The van der Waals surface area contributed by atoms with Gasteiger partial charge in [-0.2, -0.15) is 0 Å². The average Bonchev–Trinajstić information content (AvgIpc) is 2.47. The van der Waals surface area contributed by atoms with Gasteiger partial charge in [-0.1, -0.05) is 26.7 Å². The molecule has 0 bridgehead atoms. The zero-order valence-corrected chi connectivity index (χ0v) is 13.0. The summed E-state index contributed by atoms with van der Waals surface area (Å²) in [6.45, 7) is 6.26. The van der Waals surface area contributed by atoms with E-state index in [2.05, 4.69) is 19.2 Å². The van der Waals surface area contributed by atoms with Crippen LogP contribution in [0.4, 0.5) is 4.79 Å². The molecule has 0 aromatic carbocycles. The molecular weight excluding hydrogens is 252 g/mol. The third-order valence-corrected chi connectivity index (χ3v) is 5.05. The predicted octanol–water partition coefficient (Wildman–Crippen LogP) is 2.62. The quantitative estimate of drug-likeness (QED) is 0.836. The van der Waals surface area contributed by atoms with Crippen molar-refractivity contribution in [1.82, 2.24) is 10.2 Å². The molecule has 2 fully saturated rings. The Kier molecular flexibility index (Phi) is 5.70. The number of hydrogen-bond donors (Lipinski definition) is 2. The first-order valence-electron chi connectivity index (χ1n) is 8.28. The fourth-order valence-corrected chi connectivity index (χ4v) is 3.79. The highest BCUT2D eigenvalue weighted by Gasteiger charge is 2.31. The van der Waals surface area contributed by atoms with Crippen molar-refractivity contribution in [3.63, 3.8) is 0 Å². The molecule has 116 valence electrons. The van der Waals surface area contributed by atoms with Crippen LogP contribution in [0.5, 0.6) is 0 Å². The molecule has 0 unspecified atom stereocenters. The number of likely N-dealkylation sites (tertiary alicyclic amines) is 1. The fraction of sp³-hybridized carbons (Fsp3) is 0.938. The van der Waals surface area contributed by atoms with Crippen molar-refractivity contribution >= 4 is 6.03 Å². The number of piperidine rings is 1. The van der Waals surface area contributed by atoms with E-state index in [1.807, 2.05) is 4.90 Å². The molecule has 1 aliphatic heterocycles. The minimum absolute atomic E-state index is 0.0840. The molecule has 1 saturated carbocycles. The van der Waals surface area contributed by atoms with Crippen LogP contribution in [0.1, 0.15) is 52.4 Å². The molecule has 1 heterocycles. The summed E-state index contributed by atoms with van der Waals surface area (Å²) in [5, 5.41) is 12.5. The molecule has 20 heavy (non-hydrogen) atoms. The van der Waals surface area contributed by atoms with Gasteiger partial charge in [-0.05, 0) is 43.4 Å². The van der Waals surface area contributed by atoms with Crippen LogP contribution in [0, 0.1) is 17.8 Å². The van der Waals surface area contributed by atoms with Gasteiger partial charge < -0.3 is 15.3 Å². The van der Waals surface area contributed by atoms with Crippen molar-refractivity contribution in [2.24, 2.45) is 17.8 Å². The standard InChI is InChI=1S/C16H30N2O2/c1-12(2)14-7-3-4-8-15(14)17-16(20)18-9-5-6-13(10-18)11-19/h12-15,19H,3-11H2,1-2H3,(H,17,20)/t13-,14-,15-/m0/s1. The summed E-state index contributed by atoms with van der Waals surface area (Å²) >= 11 is 0. The normalized spacial score (nSPS) is 31.4. The first kappa shape index (κ1) is 15.6. The number of hydrogen-bond acceptors (Lipinski definition) is 2. The van der Waals surface area contributed by atoms with E-state index < -0.39 is 0 Å². The Hall–Kier alpha value is -0.770. The molecule has 2 rings (SSSR count). The van der Waals surface area contributed by atoms with Crippen LogP contribution in [-0.2, 0) is 0 Å². The highest BCUT2D eigenvalue weighted by Crippen LogP contribution is 2.30. The maximum atomic E-state index is 12.4. The Balaban J connectivity index is 1.89. The number of aliphatic hydroxyl groups is 1. The van der Waals surface area contributed by atoms with Gasteiger partial charge in [-0.3, -0.25) is 0 Å². The second kappa shape index (κ2) is 7.30. The van der Waals surface area contributed by atoms with Crippen molar-refractivity contribution in [3.05, 3.63) is 0 Å². The van der Waals surface area contributed by atoms with E-state index >= 15 is 0 Å². The van der Waals surface area contributed by atoms with Gasteiger partial charge in [-0.25, -0.2) is 4.79 Å². The van der Waals surface area contributed by atoms with Crippen LogP contribution < -0.4 is 5.32 Å². The molecule has 2 N–H and O–H groups in total. The lowest BCUT2D eigenvalue weighted by molar-refractivity contribution is 0.121. The van der Waals surface area contributed by atoms with Gasteiger partial charge in [-0.15, -0.1) is 0 Å². The Bertz CT molecular complexity index is 320. The first-order valence-corrected chi connectivity index (χ1v) is 8.28. The summed E-state index contributed by atoms with van der Waals surface area (Å²) in [6, 6.07) is 0.423. The highest BCUT2D eigenvalue weighted by molar-refractivity contribution is 5.74. The summed E-state index contributed by atoms with van der Waals surface area (Å²) < 4.78 is 0. The number of aliphatic hydroxyl groups excluding tert-OH is 1. The number of carbonyl (C=O) groups excluding carboxylic acids is 1. The molecule has 2 aliphatic rings. The van der Waals surface area contributed by atoms with Crippen molar-refractivity contribution < 1.29 is 9.90 Å². The van der Waals surface area contributed by atoms with Gasteiger partial charge in [0.15, 0.2) is 0 Å². The second-order valence-electron chi connectivity index (χ2n) is 6.89. The van der Waals surface area contributed by atoms with E-state index in [9.17, 15) is 9.90 Å². The summed E-state index contributed by atoms with van der Waals surface area (Å²) in [5.41, 5.74) is 0. The zero-order chi connectivity index (χ0) is 14.5. The highest BCUT2D eigenvalue weighted by atomic mass is 16.3. The summed E-state index contributed by atoms with van der Waals surface area (Å²) in [5.74, 6) is 1.51. The van der Waals surface area contributed by atoms with E-state index in [4.69, 9.17) is 0 Å². The predicted molar refractivity (Wildman–Crippen MR) is 80.5 cm³/mol. The number of carbonyl (C=O) groups is 1. The SMILES string of the molecule is CC(C)[C@@H]1CCCC[C@@H]1NC(=O)N1CCC[C@H](CO)C1. The molecular formula is C16H30N2O2. The third kappa shape index (κ3) is 3.87. The minimum Gasteiger partial charge on any atom is -0.396 e. The van der Waals surface area contributed by atoms with Crippen LogP contribution in [0.25, 0.3) is 0 Å². The molecule has 0 aromatic heterocycles. The largest absolute Gasteiger partial charge is 0.396 e. The van der Waals surface area contributed by atoms with Crippen LogP contribution >= 0.6 is 0 Å². The molecule has 3 atom stereocenters. The summed E-state index contributed by atoms with van der Waals surface area (Å²) in [4.78, 5) is 14.3. The zero-order valence-electron chi connectivity index (χ0n) is 13.0. The molecule has 2 amide bonds. The average molecular weight is 282 g/mol. The van der Waals surface area contributed by atoms with Gasteiger partial charge in [0.2, 0.25) is 0 Å². The van der Waals surface area contributed by atoms with Crippen molar-refractivity contribution in [3.8, 4) is 0 Å². The van der Waals surface area contributed by atoms with E-state index in [1.54, 1.807) is 0 Å². The molecule has 0 spiro atoms. The first-order chi connectivity index (χ1) is 9.61. The monoisotopic (exact) mass is 282 g/mol. The van der Waals surface area contributed by atoms with Gasteiger partial charge >= 0.3 is 6.03 Å². The number of urea groups is 1. The Morgan fingerprint density at radius 1 is 1.25 bits per heavy atom. The van der Waals surface area contributed by atoms with Gasteiger partial charge in [0, 0.05) is 25.7 Å². The van der Waals surface area contributed by atoms with E-state index in [1.165, 1.54) is 19.3 Å². The number of rotatable bonds is 3. The molecule has 1 saturated heterocycles. The second-order valence-corrected chi connectivity index (χ2v) is 6.89. The number of nitrogens with zero attached hydrogens (tertiary/aromatic N) is 1. The number of nitrogens with one attached hydrogen (secondary N) is 1. The Morgan fingerprint density at radius 2 is 2.00 bits per heavy atom. The van der Waals surface area contributed by atoms with Gasteiger partial charge in [0.05, 0.1) is 0 Å². The minimum atomic E-state index is 0.0840. The lowest BCUT2D eigenvalue weighted by Crippen LogP contribution is -2.52. The summed E-state index contributed by atoms with van der Waals surface area (Å²) in [6.07, 6.45) is 6.93. The lowest BCUT2D eigenvalue weighted by Gasteiger charge is -2.38. The Morgan fingerprint density at radius 3 is 2.70 bits per heavy atom. The van der Waals surface area contributed by atoms with E-state index in [-0.39, 0.29) is 18.6 Å². The molecule has 0 radical (unpaired) electrons. The smallest absolute Gasteiger partial charge is 0.317 e. The third-order valence-electron chi connectivity index (χ3n) is 5.05. The maximum Gasteiger partial charge on any atom is 0.317 e. The fourth-order valence-electron chi connectivity index (χ4n) is 3.79.